The number of carbonyl (C=O) groups is 1. The molecule has 1 aromatic rings. The Labute approximate surface area is 82.1 Å². The van der Waals surface area contributed by atoms with E-state index in [1.807, 2.05) is 0 Å². The van der Waals surface area contributed by atoms with Gasteiger partial charge in [-0.1, -0.05) is 0 Å². The quantitative estimate of drug-likeness (QED) is 0.596. The van der Waals surface area contributed by atoms with Crippen LogP contribution >= 0.6 is 15.9 Å². The first-order valence-corrected chi connectivity index (χ1v) is 4.26. The fourth-order valence-corrected chi connectivity index (χ4v) is 1.38. The van der Waals surface area contributed by atoms with Gasteiger partial charge >= 0.3 is 0 Å². The maximum absolute atomic E-state index is 12.3. The smallest absolute Gasteiger partial charge is 0.266 e. The van der Waals surface area contributed by atoms with Crippen molar-refractivity contribution < 1.29 is 13.6 Å². The molecule has 1 aromatic heterocycles. The second kappa shape index (κ2) is 3.91. The van der Waals surface area contributed by atoms with Gasteiger partial charge in [0, 0.05) is 0 Å². The van der Waals surface area contributed by atoms with Gasteiger partial charge in [-0.25, -0.2) is 13.8 Å². The summed E-state index contributed by atoms with van der Waals surface area (Å²) in [6.45, 7) is 1.56. The second-order valence-electron chi connectivity index (χ2n) is 2.49. The molecule has 1 rings (SSSR count). The molecule has 0 unspecified atom stereocenters. The van der Waals surface area contributed by atoms with E-state index in [0.29, 0.717) is 11.8 Å². The molecular weight excluding hydrogens is 244 g/mol. The summed E-state index contributed by atoms with van der Waals surface area (Å²) in [6.07, 6.45) is -2.05. The Morgan fingerprint density at radius 3 is 2.69 bits per heavy atom. The van der Waals surface area contributed by atoms with Crippen molar-refractivity contribution in [3.8, 4) is 0 Å². The molecule has 13 heavy (non-hydrogen) atoms. The molecule has 0 aliphatic rings. The predicted octanol–water partition coefficient (Wildman–Crippen LogP) is 2.90. The average molecular weight is 250 g/mol. The SMILES string of the molecule is Cc1cc(C(F)F)c(Br)nc1C=O. The number of hydrogen-bond donors (Lipinski definition) is 0. The highest BCUT2D eigenvalue weighted by atomic mass is 79.9. The van der Waals surface area contributed by atoms with Crippen molar-refractivity contribution in [3.63, 3.8) is 0 Å². The number of aromatic nitrogens is 1. The zero-order chi connectivity index (χ0) is 10.0. The molecule has 0 N–H and O–H groups in total. The van der Waals surface area contributed by atoms with Crippen molar-refractivity contribution in [1.29, 1.82) is 0 Å². The first-order valence-electron chi connectivity index (χ1n) is 3.46. The number of aryl methyl sites for hydroxylation is 1. The van der Waals surface area contributed by atoms with Crippen molar-refractivity contribution in [2.45, 2.75) is 13.3 Å². The highest BCUT2D eigenvalue weighted by Crippen LogP contribution is 2.27. The van der Waals surface area contributed by atoms with E-state index in [9.17, 15) is 13.6 Å². The molecule has 0 saturated carbocycles. The van der Waals surface area contributed by atoms with Gasteiger partial charge in [0.05, 0.1) is 5.56 Å². The first kappa shape index (κ1) is 10.2. The van der Waals surface area contributed by atoms with E-state index in [0.717, 1.165) is 0 Å². The van der Waals surface area contributed by atoms with Gasteiger partial charge in [0.2, 0.25) is 0 Å². The predicted molar refractivity (Wildman–Crippen MR) is 47.0 cm³/mol. The van der Waals surface area contributed by atoms with Crippen LogP contribution in [0.5, 0.6) is 0 Å². The minimum Gasteiger partial charge on any atom is -0.296 e. The summed E-state index contributed by atoms with van der Waals surface area (Å²) in [6, 6.07) is 1.26. The number of alkyl halides is 2. The van der Waals surface area contributed by atoms with Gasteiger partial charge in [-0.2, -0.15) is 0 Å². The molecule has 0 spiro atoms. The van der Waals surface area contributed by atoms with Crippen LogP contribution in [0.15, 0.2) is 10.7 Å². The van der Waals surface area contributed by atoms with Crippen molar-refractivity contribution in [2.24, 2.45) is 0 Å². The van der Waals surface area contributed by atoms with Gasteiger partial charge in [0.25, 0.3) is 6.43 Å². The van der Waals surface area contributed by atoms with Crippen molar-refractivity contribution >= 4 is 22.2 Å². The molecule has 5 heteroatoms. The lowest BCUT2D eigenvalue weighted by Gasteiger charge is -2.05. The van der Waals surface area contributed by atoms with Crippen molar-refractivity contribution in [2.75, 3.05) is 0 Å². The molecular formula is C8H6BrF2NO. The summed E-state index contributed by atoms with van der Waals surface area (Å²) >= 11 is 2.87. The molecule has 0 atom stereocenters. The van der Waals surface area contributed by atoms with E-state index in [-0.39, 0.29) is 15.9 Å². The number of carbonyl (C=O) groups excluding carboxylic acids is 1. The molecule has 0 bridgehead atoms. The molecule has 2 nitrogen and oxygen atoms in total. The number of aldehydes is 1. The number of rotatable bonds is 2. The number of nitrogens with zero attached hydrogens (tertiary/aromatic N) is 1. The van der Waals surface area contributed by atoms with Crippen LogP contribution in [-0.4, -0.2) is 11.3 Å². The molecule has 1 heterocycles. The van der Waals surface area contributed by atoms with Crippen LogP contribution in [0.1, 0.15) is 28.0 Å². The molecule has 0 aliphatic carbocycles. The monoisotopic (exact) mass is 249 g/mol. The maximum atomic E-state index is 12.3. The lowest BCUT2D eigenvalue weighted by atomic mass is 10.2. The molecule has 0 fully saturated rings. The summed E-state index contributed by atoms with van der Waals surface area (Å²) in [5.74, 6) is 0. The Bertz CT molecular complexity index is 341. The van der Waals surface area contributed by atoms with Gasteiger partial charge in [0.1, 0.15) is 10.3 Å². The maximum Gasteiger partial charge on any atom is 0.266 e. The lowest BCUT2D eigenvalue weighted by molar-refractivity contribution is 0.111. The third-order valence-corrected chi connectivity index (χ3v) is 2.21. The van der Waals surface area contributed by atoms with E-state index in [1.54, 1.807) is 6.92 Å². The zero-order valence-corrected chi connectivity index (χ0v) is 8.31. The summed E-state index contributed by atoms with van der Waals surface area (Å²) in [7, 11) is 0. The average Bonchev–Trinajstić information content (AvgIpc) is 2.07. The van der Waals surface area contributed by atoms with Crippen LogP contribution in [0, 0.1) is 6.92 Å². The molecule has 70 valence electrons. The minimum absolute atomic E-state index is 0.0233. The fraction of sp³-hybridized carbons (Fsp3) is 0.250. The molecule has 0 radical (unpaired) electrons. The van der Waals surface area contributed by atoms with E-state index in [2.05, 4.69) is 20.9 Å². The van der Waals surface area contributed by atoms with Gasteiger partial charge in [-0.15, -0.1) is 0 Å². The van der Waals surface area contributed by atoms with E-state index >= 15 is 0 Å². The molecule has 0 saturated heterocycles. The Morgan fingerprint density at radius 2 is 2.23 bits per heavy atom. The zero-order valence-electron chi connectivity index (χ0n) is 6.72. The van der Waals surface area contributed by atoms with Crippen LogP contribution in [-0.2, 0) is 0 Å². The van der Waals surface area contributed by atoms with Crippen LogP contribution < -0.4 is 0 Å². The van der Waals surface area contributed by atoms with E-state index in [1.165, 1.54) is 6.07 Å². The Kier molecular flexibility index (Phi) is 3.08. The van der Waals surface area contributed by atoms with Gasteiger partial charge in [-0.05, 0) is 34.5 Å². The summed E-state index contributed by atoms with van der Waals surface area (Å²) < 4.78 is 24.6. The highest BCUT2D eigenvalue weighted by molar-refractivity contribution is 9.10. The number of pyridine rings is 1. The summed E-state index contributed by atoms with van der Waals surface area (Å²) in [4.78, 5) is 14.1. The summed E-state index contributed by atoms with van der Waals surface area (Å²) in [5, 5.41) is 0. The number of halogens is 3. The minimum atomic E-state index is -2.58. The molecule has 0 aromatic carbocycles. The van der Waals surface area contributed by atoms with Crippen LogP contribution in [0.4, 0.5) is 8.78 Å². The van der Waals surface area contributed by atoms with Gasteiger partial charge < -0.3 is 0 Å². The normalized spacial score (nSPS) is 10.5. The highest BCUT2D eigenvalue weighted by Gasteiger charge is 2.14. The topological polar surface area (TPSA) is 30.0 Å². The fourth-order valence-electron chi connectivity index (χ4n) is 0.898. The van der Waals surface area contributed by atoms with Gasteiger partial charge in [0.15, 0.2) is 6.29 Å². The Balaban J connectivity index is 3.28. The van der Waals surface area contributed by atoms with Crippen LogP contribution in [0.25, 0.3) is 0 Å². The first-order chi connectivity index (χ1) is 6.06. The van der Waals surface area contributed by atoms with Crippen LogP contribution in [0.2, 0.25) is 0 Å². The molecule has 0 aliphatic heterocycles. The van der Waals surface area contributed by atoms with Gasteiger partial charge in [-0.3, -0.25) is 4.79 Å². The Morgan fingerprint density at radius 1 is 1.62 bits per heavy atom. The standard InChI is InChI=1S/C8H6BrF2NO/c1-4-2-5(8(10)11)7(9)12-6(4)3-13/h2-3,8H,1H3. The molecule has 0 amide bonds. The van der Waals surface area contributed by atoms with E-state index in [4.69, 9.17) is 0 Å². The van der Waals surface area contributed by atoms with Crippen molar-refractivity contribution in [3.05, 3.63) is 27.5 Å². The lowest BCUT2D eigenvalue weighted by Crippen LogP contribution is -1.97. The summed E-state index contributed by atoms with van der Waals surface area (Å²) in [5.41, 5.74) is 0.438. The van der Waals surface area contributed by atoms with E-state index < -0.39 is 6.43 Å². The Hall–Kier alpha value is -0.840. The second-order valence-corrected chi connectivity index (χ2v) is 3.24. The largest absolute Gasteiger partial charge is 0.296 e. The third kappa shape index (κ3) is 2.09. The van der Waals surface area contributed by atoms with Crippen LogP contribution in [0.3, 0.4) is 0 Å². The third-order valence-electron chi connectivity index (χ3n) is 1.58. The number of hydrogen-bond acceptors (Lipinski definition) is 2. The van der Waals surface area contributed by atoms with Crippen molar-refractivity contribution in [1.82, 2.24) is 4.98 Å².